The van der Waals surface area contributed by atoms with Crippen LogP contribution in [0.15, 0.2) is 0 Å². The number of hydrogen-bond acceptors (Lipinski definition) is 1. The molecule has 1 fully saturated rings. The standard InChI is InChI=1S/C8H17N.ClH/c1-7(2)5-4-6-8(7,3)9;/h4-6,9H2,1-3H3;1H. The van der Waals surface area contributed by atoms with Gasteiger partial charge in [0.15, 0.2) is 0 Å². The Morgan fingerprint density at radius 1 is 1.10 bits per heavy atom. The topological polar surface area (TPSA) is 26.0 Å². The van der Waals surface area contributed by atoms with Crippen LogP contribution in [0.4, 0.5) is 0 Å². The van der Waals surface area contributed by atoms with E-state index in [2.05, 4.69) is 20.8 Å². The summed E-state index contributed by atoms with van der Waals surface area (Å²) in [5.41, 5.74) is 6.51. The molecule has 1 nitrogen and oxygen atoms in total. The first kappa shape index (κ1) is 10.2. The van der Waals surface area contributed by atoms with Gasteiger partial charge in [-0.2, -0.15) is 0 Å². The molecule has 0 aromatic carbocycles. The Morgan fingerprint density at radius 3 is 1.70 bits per heavy atom. The first-order valence-corrected chi connectivity index (χ1v) is 3.75. The fraction of sp³-hybridized carbons (Fsp3) is 1.00. The van der Waals surface area contributed by atoms with Crippen molar-refractivity contribution in [2.24, 2.45) is 11.1 Å². The van der Waals surface area contributed by atoms with Gasteiger partial charge in [-0.05, 0) is 25.2 Å². The van der Waals surface area contributed by atoms with E-state index in [-0.39, 0.29) is 17.9 Å². The van der Waals surface area contributed by atoms with Crippen molar-refractivity contribution in [1.29, 1.82) is 0 Å². The molecule has 1 rings (SSSR count). The predicted molar refractivity (Wildman–Crippen MR) is 47.5 cm³/mol. The summed E-state index contributed by atoms with van der Waals surface area (Å²) >= 11 is 0. The third-order valence-electron chi connectivity index (χ3n) is 3.04. The molecule has 0 aromatic rings. The van der Waals surface area contributed by atoms with Crippen LogP contribution in [0.1, 0.15) is 40.0 Å². The van der Waals surface area contributed by atoms with E-state index in [0.29, 0.717) is 5.41 Å². The Balaban J connectivity index is 0.000000810. The summed E-state index contributed by atoms with van der Waals surface area (Å²) in [4.78, 5) is 0. The fourth-order valence-electron chi connectivity index (χ4n) is 1.52. The van der Waals surface area contributed by atoms with E-state index < -0.39 is 0 Å². The average molecular weight is 164 g/mol. The molecule has 0 amide bonds. The minimum absolute atomic E-state index is 0. The molecule has 0 saturated heterocycles. The molecule has 1 aliphatic carbocycles. The highest BCUT2D eigenvalue weighted by Gasteiger charge is 2.41. The first-order valence-electron chi connectivity index (χ1n) is 3.75. The highest BCUT2D eigenvalue weighted by Crippen LogP contribution is 2.43. The minimum atomic E-state index is 0. The Labute approximate surface area is 69.8 Å². The van der Waals surface area contributed by atoms with Crippen molar-refractivity contribution in [3.8, 4) is 0 Å². The van der Waals surface area contributed by atoms with Gasteiger partial charge in [-0.25, -0.2) is 0 Å². The molecule has 62 valence electrons. The van der Waals surface area contributed by atoms with Crippen molar-refractivity contribution in [2.75, 3.05) is 0 Å². The smallest absolute Gasteiger partial charge is 0.0177 e. The maximum atomic E-state index is 6.06. The monoisotopic (exact) mass is 163 g/mol. The second-order valence-electron chi connectivity index (χ2n) is 4.15. The van der Waals surface area contributed by atoms with Gasteiger partial charge >= 0.3 is 0 Å². The van der Waals surface area contributed by atoms with Gasteiger partial charge in [-0.15, -0.1) is 12.4 Å². The summed E-state index contributed by atoms with van der Waals surface area (Å²) in [7, 11) is 0. The quantitative estimate of drug-likeness (QED) is 0.583. The summed E-state index contributed by atoms with van der Waals surface area (Å²) in [6, 6.07) is 0. The van der Waals surface area contributed by atoms with Crippen molar-refractivity contribution < 1.29 is 0 Å². The molecule has 0 radical (unpaired) electrons. The van der Waals surface area contributed by atoms with E-state index >= 15 is 0 Å². The highest BCUT2D eigenvalue weighted by molar-refractivity contribution is 5.85. The zero-order valence-electron chi connectivity index (χ0n) is 7.11. The van der Waals surface area contributed by atoms with Crippen LogP contribution in [0, 0.1) is 5.41 Å². The highest BCUT2D eigenvalue weighted by atomic mass is 35.5. The molecular formula is C8H18ClN. The maximum absolute atomic E-state index is 6.06. The zero-order chi connectivity index (χ0) is 7.12. The fourth-order valence-corrected chi connectivity index (χ4v) is 1.52. The Bertz CT molecular complexity index is 104. The number of nitrogens with two attached hydrogens (primary N) is 1. The van der Waals surface area contributed by atoms with E-state index in [0.717, 1.165) is 0 Å². The molecule has 0 aromatic heterocycles. The number of hydrogen-bond donors (Lipinski definition) is 1. The summed E-state index contributed by atoms with van der Waals surface area (Å²) in [5.74, 6) is 0. The van der Waals surface area contributed by atoms with Crippen molar-refractivity contribution in [3.63, 3.8) is 0 Å². The van der Waals surface area contributed by atoms with Crippen LogP contribution in [0.2, 0.25) is 0 Å². The molecule has 10 heavy (non-hydrogen) atoms. The largest absolute Gasteiger partial charge is 0.325 e. The van der Waals surface area contributed by atoms with Crippen molar-refractivity contribution in [3.05, 3.63) is 0 Å². The van der Waals surface area contributed by atoms with Crippen molar-refractivity contribution in [2.45, 2.75) is 45.6 Å². The SMILES string of the molecule is CC1(C)CCCC1(C)N.Cl. The van der Waals surface area contributed by atoms with Crippen LogP contribution >= 0.6 is 12.4 Å². The third-order valence-corrected chi connectivity index (χ3v) is 3.04. The molecular weight excluding hydrogens is 146 g/mol. The van der Waals surface area contributed by atoms with Gasteiger partial charge in [-0.3, -0.25) is 0 Å². The summed E-state index contributed by atoms with van der Waals surface area (Å²) in [6.45, 7) is 6.69. The summed E-state index contributed by atoms with van der Waals surface area (Å²) < 4.78 is 0. The van der Waals surface area contributed by atoms with Crippen molar-refractivity contribution >= 4 is 12.4 Å². The molecule has 0 heterocycles. The average Bonchev–Trinajstić information content (AvgIpc) is 1.81. The molecule has 0 aliphatic heterocycles. The summed E-state index contributed by atoms with van der Waals surface area (Å²) in [5, 5.41) is 0. The molecule has 2 N–H and O–H groups in total. The van der Waals surface area contributed by atoms with Gasteiger partial charge in [0.1, 0.15) is 0 Å². The minimum Gasteiger partial charge on any atom is -0.325 e. The lowest BCUT2D eigenvalue weighted by atomic mass is 9.77. The van der Waals surface area contributed by atoms with Gasteiger partial charge in [0.2, 0.25) is 0 Å². The van der Waals surface area contributed by atoms with Gasteiger partial charge in [0, 0.05) is 5.54 Å². The summed E-state index contributed by atoms with van der Waals surface area (Å²) in [6.07, 6.45) is 3.79. The number of rotatable bonds is 0. The lowest BCUT2D eigenvalue weighted by Gasteiger charge is -2.34. The van der Waals surface area contributed by atoms with Crippen LogP contribution in [-0.2, 0) is 0 Å². The number of halogens is 1. The molecule has 1 aliphatic rings. The zero-order valence-corrected chi connectivity index (χ0v) is 7.92. The first-order chi connectivity index (χ1) is 3.96. The molecule has 0 spiro atoms. The van der Waals surface area contributed by atoms with Crippen molar-refractivity contribution in [1.82, 2.24) is 0 Å². The van der Waals surface area contributed by atoms with E-state index in [4.69, 9.17) is 5.73 Å². The normalized spacial score (nSPS) is 37.2. The van der Waals surface area contributed by atoms with E-state index in [1.54, 1.807) is 0 Å². The lowest BCUT2D eigenvalue weighted by molar-refractivity contribution is 0.230. The van der Waals surface area contributed by atoms with E-state index in [1.165, 1.54) is 19.3 Å². The van der Waals surface area contributed by atoms with Crippen LogP contribution in [0.25, 0.3) is 0 Å². The van der Waals surface area contributed by atoms with Gasteiger partial charge in [0.25, 0.3) is 0 Å². The third kappa shape index (κ3) is 1.46. The van der Waals surface area contributed by atoms with Gasteiger partial charge in [-0.1, -0.05) is 20.3 Å². The van der Waals surface area contributed by atoms with E-state index in [9.17, 15) is 0 Å². The molecule has 1 unspecified atom stereocenters. The van der Waals surface area contributed by atoms with Crippen LogP contribution in [-0.4, -0.2) is 5.54 Å². The van der Waals surface area contributed by atoms with Crippen LogP contribution in [0.5, 0.6) is 0 Å². The lowest BCUT2D eigenvalue weighted by Crippen LogP contribution is -2.45. The Hall–Kier alpha value is 0.250. The molecule has 0 bridgehead atoms. The predicted octanol–water partition coefficient (Wildman–Crippen LogP) is 2.34. The second kappa shape index (κ2) is 2.71. The molecule has 1 atom stereocenters. The van der Waals surface area contributed by atoms with Gasteiger partial charge in [0.05, 0.1) is 0 Å². The van der Waals surface area contributed by atoms with Crippen LogP contribution < -0.4 is 5.73 Å². The van der Waals surface area contributed by atoms with Gasteiger partial charge < -0.3 is 5.73 Å². The molecule has 1 saturated carbocycles. The Kier molecular flexibility index (Phi) is 2.77. The molecule has 2 heteroatoms. The van der Waals surface area contributed by atoms with E-state index in [1.807, 2.05) is 0 Å². The Morgan fingerprint density at radius 2 is 1.60 bits per heavy atom. The van der Waals surface area contributed by atoms with Crippen LogP contribution in [0.3, 0.4) is 0 Å². The maximum Gasteiger partial charge on any atom is 0.0177 e. The second-order valence-corrected chi connectivity index (χ2v) is 4.15.